The first kappa shape index (κ1) is 19.6. The molecule has 4 rings (SSSR count). The molecule has 1 aromatic carbocycles. The average Bonchev–Trinajstić information content (AvgIpc) is 2.67. The van der Waals surface area contributed by atoms with Gasteiger partial charge >= 0.3 is 0 Å². The summed E-state index contributed by atoms with van der Waals surface area (Å²) < 4.78 is 82.3. The number of aromatic nitrogens is 3. The molecule has 30 heavy (non-hydrogen) atoms. The third kappa shape index (κ3) is 3.73. The Morgan fingerprint density at radius 1 is 0.400 bits per heavy atom. The van der Waals surface area contributed by atoms with Crippen LogP contribution < -0.4 is 0 Å². The quantitative estimate of drug-likeness (QED) is 0.317. The molecule has 3 heterocycles. The number of halogens is 6. The Hall–Kier alpha value is -3.75. The summed E-state index contributed by atoms with van der Waals surface area (Å²) in [5.41, 5.74) is -0.152. The van der Waals surface area contributed by atoms with Crippen molar-refractivity contribution < 1.29 is 26.3 Å². The molecule has 0 N–H and O–H groups in total. The molecule has 3 aromatic heterocycles. The van der Waals surface area contributed by atoms with Gasteiger partial charge in [-0.1, -0.05) is 0 Å². The number of rotatable bonds is 3. The van der Waals surface area contributed by atoms with Crippen molar-refractivity contribution in [3.8, 4) is 33.4 Å². The van der Waals surface area contributed by atoms with E-state index in [0.29, 0.717) is 0 Å². The van der Waals surface area contributed by atoms with Crippen molar-refractivity contribution >= 4 is 0 Å². The lowest BCUT2D eigenvalue weighted by Crippen LogP contribution is -1.97. The molecular weight excluding hydrogens is 408 g/mol. The van der Waals surface area contributed by atoms with Crippen molar-refractivity contribution in [1.29, 1.82) is 0 Å². The largest absolute Gasteiger partial charge is 0.223 e. The Labute approximate surface area is 165 Å². The van der Waals surface area contributed by atoms with Gasteiger partial charge in [-0.25, -0.2) is 0 Å². The van der Waals surface area contributed by atoms with E-state index in [1.807, 2.05) is 0 Å². The normalized spacial score (nSPS) is 11.0. The van der Waals surface area contributed by atoms with Crippen molar-refractivity contribution in [2.45, 2.75) is 0 Å². The summed E-state index contributed by atoms with van der Waals surface area (Å²) in [6.07, 6.45) is 0. The van der Waals surface area contributed by atoms with Gasteiger partial charge in [0.1, 0.15) is 0 Å². The molecule has 0 amide bonds. The predicted octanol–water partition coefficient (Wildman–Crippen LogP) is 5.71. The third-order valence-electron chi connectivity index (χ3n) is 4.31. The fourth-order valence-electron chi connectivity index (χ4n) is 2.98. The van der Waals surface area contributed by atoms with Crippen molar-refractivity contribution in [2.75, 3.05) is 0 Å². The first-order valence-electron chi connectivity index (χ1n) is 8.44. The molecule has 0 aliphatic rings. The van der Waals surface area contributed by atoms with Crippen LogP contribution in [0.15, 0.2) is 54.6 Å². The van der Waals surface area contributed by atoms with Gasteiger partial charge in [0.2, 0.25) is 35.7 Å². The van der Waals surface area contributed by atoms with Crippen molar-refractivity contribution in [3.05, 3.63) is 90.3 Å². The summed E-state index contributed by atoms with van der Waals surface area (Å²) in [7, 11) is 0. The van der Waals surface area contributed by atoms with E-state index in [9.17, 15) is 26.3 Å². The Morgan fingerprint density at radius 3 is 0.900 bits per heavy atom. The maximum Gasteiger partial charge on any atom is 0.223 e. The zero-order valence-electron chi connectivity index (χ0n) is 14.8. The second-order valence-corrected chi connectivity index (χ2v) is 6.22. The fourth-order valence-corrected chi connectivity index (χ4v) is 2.98. The predicted molar refractivity (Wildman–Crippen MR) is 95.9 cm³/mol. The summed E-state index contributed by atoms with van der Waals surface area (Å²) in [5, 5.41) is 0. The molecule has 0 spiro atoms. The van der Waals surface area contributed by atoms with E-state index in [1.54, 1.807) is 0 Å². The van der Waals surface area contributed by atoms with E-state index in [0.717, 1.165) is 36.4 Å². The molecule has 0 radical (unpaired) electrons. The van der Waals surface area contributed by atoms with Gasteiger partial charge in [0, 0.05) is 16.7 Å². The molecule has 0 aliphatic carbocycles. The zero-order valence-corrected chi connectivity index (χ0v) is 14.8. The smallest absolute Gasteiger partial charge is 0.190 e. The minimum atomic E-state index is -1.14. The van der Waals surface area contributed by atoms with Gasteiger partial charge in [0.05, 0.1) is 0 Å². The molecule has 150 valence electrons. The van der Waals surface area contributed by atoms with Gasteiger partial charge in [-0.15, -0.1) is 0 Å². The summed E-state index contributed by atoms with van der Waals surface area (Å²) >= 11 is 0. The fraction of sp³-hybridized carbons (Fsp3) is 0. The van der Waals surface area contributed by atoms with Crippen LogP contribution in [-0.2, 0) is 0 Å². The van der Waals surface area contributed by atoms with E-state index in [4.69, 9.17) is 0 Å². The van der Waals surface area contributed by atoms with E-state index in [1.165, 1.54) is 18.2 Å². The van der Waals surface area contributed by atoms with Gasteiger partial charge in [-0.3, -0.25) is 0 Å². The molecule has 0 unspecified atom stereocenters. The van der Waals surface area contributed by atoms with Crippen LogP contribution in [0.1, 0.15) is 0 Å². The molecule has 3 nitrogen and oxygen atoms in total. The second-order valence-electron chi connectivity index (χ2n) is 6.22. The summed E-state index contributed by atoms with van der Waals surface area (Å²) in [5.74, 6) is -6.57. The van der Waals surface area contributed by atoms with Crippen LogP contribution in [0.5, 0.6) is 0 Å². The maximum absolute atomic E-state index is 14.2. The molecule has 0 fully saturated rings. The number of pyridine rings is 3. The third-order valence-corrected chi connectivity index (χ3v) is 4.31. The summed E-state index contributed by atoms with van der Waals surface area (Å²) in [6.45, 7) is 0. The van der Waals surface area contributed by atoms with E-state index < -0.39 is 35.7 Å². The molecular formula is C21H9F6N3. The number of hydrogen-bond donors (Lipinski definition) is 0. The van der Waals surface area contributed by atoms with Crippen LogP contribution in [0.2, 0.25) is 0 Å². The Balaban J connectivity index is 1.98. The topological polar surface area (TPSA) is 38.7 Å². The van der Waals surface area contributed by atoms with Gasteiger partial charge in [0.25, 0.3) is 0 Å². The van der Waals surface area contributed by atoms with Crippen molar-refractivity contribution in [2.24, 2.45) is 0 Å². The lowest BCUT2D eigenvalue weighted by molar-refractivity contribution is 0.515. The van der Waals surface area contributed by atoms with Crippen LogP contribution >= 0.6 is 0 Å². The monoisotopic (exact) mass is 417 g/mol. The second kappa shape index (κ2) is 7.58. The van der Waals surface area contributed by atoms with Crippen LogP contribution in [0, 0.1) is 35.7 Å². The number of benzene rings is 1. The molecule has 0 saturated heterocycles. The lowest BCUT2D eigenvalue weighted by atomic mass is 9.94. The highest BCUT2D eigenvalue weighted by molar-refractivity contribution is 5.81. The molecule has 0 atom stereocenters. The lowest BCUT2D eigenvalue weighted by Gasteiger charge is -2.12. The highest BCUT2D eigenvalue weighted by Crippen LogP contribution is 2.35. The van der Waals surface area contributed by atoms with Crippen LogP contribution in [0.3, 0.4) is 0 Å². The van der Waals surface area contributed by atoms with Crippen LogP contribution in [0.25, 0.3) is 33.4 Å². The van der Waals surface area contributed by atoms with Crippen LogP contribution in [-0.4, -0.2) is 15.0 Å². The molecule has 0 saturated carbocycles. The van der Waals surface area contributed by atoms with Gasteiger partial charge in [-0.05, 0) is 71.3 Å². The standard InChI is InChI=1S/C21H9F6N3/c22-16-4-1-13(19(25)28-16)10-7-11(14-2-5-17(23)29-20(14)26)9-12(8-10)15-3-6-18(24)30-21(15)27/h1-9H. The first-order valence-corrected chi connectivity index (χ1v) is 8.44. The minimum Gasteiger partial charge on any atom is -0.190 e. The average molecular weight is 417 g/mol. The molecule has 4 aromatic rings. The molecule has 0 bridgehead atoms. The summed E-state index contributed by atoms with van der Waals surface area (Å²) in [6, 6.07) is 10.1. The van der Waals surface area contributed by atoms with Crippen LogP contribution in [0.4, 0.5) is 26.3 Å². The van der Waals surface area contributed by atoms with Gasteiger partial charge < -0.3 is 0 Å². The Morgan fingerprint density at radius 2 is 0.667 bits per heavy atom. The number of hydrogen-bond acceptors (Lipinski definition) is 3. The van der Waals surface area contributed by atoms with Crippen molar-refractivity contribution in [3.63, 3.8) is 0 Å². The Kier molecular flexibility index (Phi) is 4.94. The van der Waals surface area contributed by atoms with Gasteiger partial charge in [0.15, 0.2) is 0 Å². The highest BCUT2D eigenvalue weighted by Gasteiger charge is 2.17. The van der Waals surface area contributed by atoms with E-state index in [2.05, 4.69) is 15.0 Å². The summed E-state index contributed by atoms with van der Waals surface area (Å²) in [4.78, 5) is 9.32. The van der Waals surface area contributed by atoms with E-state index >= 15 is 0 Å². The number of nitrogens with zero attached hydrogens (tertiary/aromatic N) is 3. The SMILES string of the molecule is Fc1ccc(-c2cc(-c3ccc(F)nc3F)cc(-c3ccc(F)nc3F)c2)c(F)n1. The van der Waals surface area contributed by atoms with E-state index in [-0.39, 0.29) is 33.4 Å². The molecule has 0 aliphatic heterocycles. The maximum atomic E-state index is 14.2. The van der Waals surface area contributed by atoms with Crippen molar-refractivity contribution in [1.82, 2.24) is 15.0 Å². The Bertz CT molecular complexity index is 1110. The zero-order chi connectivity index (χ0) is 21.4. The molecule has 9 heteroatoms. The minimum absolute atomic E-state index is 0.0972. The highest BCUT2D eigenvalue weighted by atomic mass is 19.2. The van der Waals surface area contributed by atoms with Gasteiger partial charge in [-0.2, -0.15) is 41.3 Å². The first-order chi connectivity index (χ1) is 14.3.